The zero-order valence-electron chi connectivity index (χ0n) is 32.3. The molecule has 0 fully saturated rings. The Kier molecular flexibility index (Phi) is 16.1. The third-order valence-electron chi connectivity index (χ3n) is 8.94. The predicted molar refractivity (Wildman–Crippen MR) is 235 cm³/mol. The summed E-state index contributed by atoms with van der Waals surface area (Å²) in [6.45, 7) is 1.00. The van der Waals surface area contributed by atoms with E-state index in [4.69, 9.17) is 9.68 Å². The molecule has 58 heavy (non-hydrogen) atoms. The zero-order valence-corrected chi connectivity index (χ0v) is 32.3. The number of carbonyl (C=O) groups excluding carboxylic acids is 1. The van der Waals surface area contributed by atoms with Crippen molar-refractivity contribution in [1.29, 1.82) is 0 Å². The molecule has 0 bridgehead atoms. The quantitative estimate of drug-likeness (QED) is 0.0723. The van der Waals surface area contributed by atoms with Crippen molar-refractivity contribution in [2.45, 2.75) is 19.3 Å². The summed E-state index contributed by atoms with van der Waals surface area (Å²) < 4.78 is 0. The number of hydroxylamine groups is 1. The molecule has 0 radical (unpaired) electrons. The van der Waals surface area contributed by atoms with Crippen LogP contribution in [-0.2, 0) is 22.9 Å². The molecule has 0 aromatic heterocycles. The van der Waals surface area contributed by atoms with Gasteiger partial charge in [0.25, 0.3) is 0 Å². The van der Waals surface area contributed by atoms with Gasteiger partial charge < -0.3 is 4.84 Å². The Morgan fingerprint density at radius 3 is 1.09 bits per heavy atom. The van der Waals surface area contributed by atoms with E-state index in [0.29, 0.717) is 13.2 Å². The average Bonchev–Trinajstić information content (AvgIpc) is 3.32. The van der Waals surface area contributed by atoms with Gasteiger partial charge in [-0.05, 0) is 22.3 Å². The van der Waals surface area contributed by atoms with Gasteiger partial charge in [0.2, 0.25) is 0 Å². The van der Waals surface area contributed by atoms with Gasteiger partial charge in [-0.3, -0.25) is 9.63 Å². The molecule has 8 aromatic rings. The Morgan fingerprint density at radius 2 is 0.707 bits per heavy atom. The average molecular weight is 759 g/mol. The molecule has 8 rings (SSSR count). The first kappa shape index (κ1) is 40.5. The van der Waals surface area contributed by atoms with Gasteiger partial charge in [0, 0.05) is 22.3 Å². The summed E-state index contributed by atoms with van der Waals surface area (Å²) in [5.74, 6) is 0.0752. The molecule has 0 aliphatic heterocycles. The standard InChI is InChI=1S/C20H19NO.C20H17NO.C13H10O/c2*1-4-10-17(11-5-1)16-22-21-20(18-12-6-2-7-13-18)19-14-8-3-9-15-19;14-13(11-7-3-1-4-8-11)12-9-5-2-6-10-12/h1-15,20-21H,16H2;1-15H,16H2;1-10H. The van der Waals surface area contributed by atoms with Crippen LogP contribution in [0, 0.1) is 0 Å². The molecule has 0 aliphatic carbocycles. The van der Waals surface area contributed by atoms with E-state index in [-0.39, 0.29) is 11.8 Å². The SMILES string of the molecule is O=C(c1ccccc1)c1ccccc1.c1ccc(CON=C(c2ccccc2)c2ccccc2)cc1.c1ccc(CONC(c2ccccc2)c2ccccc2)cc1. The maximum absolute atomic E-state index is 11.8. The van der Waals surface area contributed by atoms with Crippen molar-refractivity contribution in [2.24, 2.45) is 5.16 Å². The minimum atomic E-state index is 0.0195. The Hall–Kier alpha value is -7.18. The fourth-order valence-electron chi connectivity index (χ4n) is 5.96. The molecule has 0 amide bonds. The number of ketones is 1. The molecular formula is C53H46N2O3. The van der Waals surface area contributed by atoms with Crippen LogP contribution in [0.3, 0.4) is 0 Å². The first-order valence-electron chi connectivity index (χ1n) is 19.3. The van der Waals surface area contributed by atoms with Crippen LogP contribution in [0.5, 0.6) is 0 Å². The largest absolute Gasteiger partial charge is 0.390 e. The molecule has 0 aliphatic rings. The van der Waals surface area contributed by atoms with E-state index in [1.807, 2.05) is 206 Å². The number of hydrogen-bond donors (Lipinski definition) is 1. The number of hydrogen-bond acceptors (Lipinski definition) is 5. The monoisotopic (exact) mass is 758 g/mol. The topological polar surface area (TPSA) is 59.9 Å². The van der Waals surface area contributed by atoms with Crippen LogP contribution in [0.15, 0.2) is 248 Å². The van der Waals surface area contributed by atoms with Crippen molar-refractivity contribution in [3.8, 4) is 0 Å². The van der Waals surface area contributed by atoms with Gasteiger partial charge >= 0.3 is 0 Å². The Balaban J connectivity index is 0.000000151. The summed E-state index contributed by atoms with van der Waals surface area (Å²) in [6.07, 6.45) is 0. The lowest BCUT2D eigenvalue weighted by atomic mass is 10.00. The highest BCUT2D eigenvalue weighted by atomic mass is 16.6. The van der Waals surface area contributed by atoms with Crippen molar-refractivity contribution in [3.63, 3.8) is 0 Å². The van der Waals surface area contributed by atoms with Crippen LogP contribution in [0.1, 0.15) is 55.3 Å². The van der Waals surface area contributed by atoms with Crippen molar-refractivity contribution < 1.29 is 14.5 Å². The maximum atomic E-state index is 11.8. The van der Waals surface area contributed by atoms with Crippen molar-refractivity contribution in [3.05, 3.63) is 287 Å². The third kappa shape index (κ3) is 13.0. The van der Waals surface area contributed by atoms with E-state index in [1.165, 1.54) is 11.1 Å². The molecule has 5 nitrogen and oxygen atoms in total. The van der Waals surface area contributed by atoms with Crippen LogP contribution >= 0.6 is 0 Å². The van der Waals surface area contributed by atoms with Crippen LogP contribution < -0.4 is 5.48 Å². The molecule has 0 atom stereocenters. The van der Waals surface area contributed by atoms with Crippen LogP contribution in [0.4, 0.5) is 0 Å². The summed E-state index contributed by atoms with van der Waals surface area (Å²) >= 11 is 0. The lowest BCUT2D eigenvalue weighted by molar-refractivity contribution is 0.0115. The molecule has 0 spiro atoms. The summed E-state index contributed by atoms with van der Waals surface area (Å²) in [5, 5.41) is 4.38. The van der Waals surface area contributed by atoms with Crippen LogP contribution in [-0.4, -0.2) is 11.5 Å². The predicted octanol–water partition coefficient (Wildman–Crippen LogP) is 12.1. The molecule has 0 saturated heterocycles. The number of benzene rings is 8. The second-order valence-corrected chi connectivity index (χ2v) is 13.1. The number of nitrogens with zero attached hydrogens (tertiary/aromatic N) is 1. The molecular weight excluding hydrogens is 713 g/mol. The van der Waals surface area contributed by atoms with E-state index in [2.05, 4.69) is 47.0 Å². The Bertz CT molecular complexity index is 2220. The molecule has 0 unspecified atom stereocenters. The second kappa shape index (κ2) is 23.0. The summed E-state index contributed by atoms with van der Waals surface area (Å²) in [5.41, 5.74) is 12.2. The van der Waals surface area contributed by atoms with E-state index in [9.17, 15) is 4.79 Å². The summed E-state index contributed by atoms with van der Waals surface area (Å²) in [7, 11) is 0. The smallest absolute Gasteiger partial charge is 0.193 e. The molecule has 0 saturated carbocycles. The van der Waals surface area contributed by atoms with Gasteiger partial charge in [-0.25, -0.2) is 0 Å². The van der Waals surface area contributed by atoms with Gasteiger partial charge in [-0.15, -0.1) is 0 Å². The summed E-state index contributed by atoms with van der Waals surface area (Å²) in [6, 6.07) is 79.7. The van der Waals surface area contributed by atoms with Crippen molar-refractivity contribution >= 4 is 11.5 Å². The fourth-order valence-corrected chi connectivity index (χ4v) is 5.96. The normalized spacial score (nSPS) is 10.2. The minimum absolute atomic E-state index is 0.0195. The van der Waals surface area contributed by atoms with Gasteiger partial charge in [0.05, 0.1) is 12.6 Å². The lowest BCUT2D eigenvalue weighted by Crippen LogP contribution is -2.22. The highest BCUT2D eigenvalue weighted by molar-refractivity contribution is 6.12. The molecule has 0 heterocycles. The van der Waals surface area contributed by atoms with Crippen molar-refractivity contribution in [1.82, 2.24) is 5.48 Å². The molecule has 5 heteroatoms. The Labute approximate surface area is 341 Å². The Morgan fingerprint density at radius 1 is 0.397 bits per heavy atom. The first-order chi connectivity index (χ1) is 28.7. The van der Waals surface area contributed by atoms with Crippen LogP contribution in [0.25, 0.3) is 0 Å². The lowest BCUT2D eigenvalue weighted by Gasteiger charge is -2.19. The van der Waals surface area contributed by atoms with Crippen LogP contribution in [0.2, 0.25) is 0 Å². The highest BCUT2D eigenvalue weighted by Gasteiger charge is 2.13. The zero-order chi connectivity index (χ0) is 39.9. The van der Waals surface area contributed by atoms with Gasteiger partial charge in [0.15, 0.2) is 5.78 Å². The number of nitrogens with one attached hydrogen (secondary N) is 1. The maximum Gasteiger partial charge on any atom is 0.193 e. The van der Waals surface area contributed by atoms with Gasteiger partial charge in [0.1, 0.15) is 12.3 Å². The van der Waals surface area contributed by atoms with Crippen molar-refractivity contribution in [2.75, 3.05) is 0 Å². The second-order valence-electron chi connectivity index (χ2n) is 13.1. The minimum Gasteiger partial charge on any atom is -0.390 e. The molecule has 1 N–H and O–H groups in total. The van der Waals surface area contributed by atoms with Gasteiger partial charge in [-0.1, -0.05) is 248 Å². The molecule has 286 valence electrons. The first-order valence-corrected chi connectivity index (χ1v) is 19.3. The third-order valence-corrected chi connectivity index (χ3v) is 8.94. The number of oxime groups is 1. The van der Waals surface area contributed by atoms with E-state index in [0.717, 1.165) is 39.1 Å². The highest BCUT2D eigenvalue weighted by Crippen LogP contribution is 2.22. The van der Waals surface area contributed by atoms with Gasteiger partial charge in [-0.2, -0.15) is 5.48 Å². The summed E-state index contributed by atoms with van der Waals surface area (Å²) in [4.78, 5) is 23.2. The van der Waals surface area contributed by atoms with E-state index >= 15 is 0 Å². The number of carbonyl (C=O) groups is 1. The van der Waals surface area contributed by atoms with E-state index < -0.39 is 0 Å². The number of rotatable bonds is 13. The fraction of sp³-hybridized carbons (Fsp3) is 0.0566. The van der Waals surface area contributed by atoms with E-state index in [1.54, 1.807) is 0 Å². The molecule has 8 aromatic carbocycles.